The lowest BCUT2D eigenvalue weighted by Gasteiger charge is -2.16. The molecule has 0 radical (unpaired) electrons. The first-order valence-electron chi connectivity index (χ1n) is 5.43. The third-order valence-electron chi connectivity index (χ3n) is 3.07. The molecule has 0 amide bonds. The molecule has 2 rings (SSSR count). The summed E-state index contributed by atoms with van der Waals surface area (Å²) in [6.07, 6.45) is 3.58. The maximum atomic E-state index is 13.4. The van der Waals surface area contributed by atoms with E-state index in [1.165, 1.54) is 12.8 Å². The van der Waals surface area contributed by atoms with E-state index >= 15 is 0 Å². The predicted molar refractivity (Wildman–Crippen MR) is 58.5 cm³/mol. The molecule has 1 aromatic carbocycles. The van der Waals surface area contributed by atoms with Crippen LogP contribution in [0.3, 0.4) is 0 Å². The summed E-state index contributed by atoms with van der Waals surface area (Å²) in [5, 5.41) is 0. The highest BCUT2D eigenvalue weighted by molar-refractivity contribution is 5.25. The van der Waals surface area contributed by atoms with Gasteiger partial charge in [-0.15, -0.1) is 0 Å². The molecule has 3 heteroatoms. The Morgan fingerprint density at radius 1 is 1.53 bits per heavy atom. The van der Waals surface area contributed by atoms with Gasteiger partial charge in [-0.05, 0) is 36.5 Å². The fraction of sp³-hybridized carbons (Fsp3) is 0.500. The number of benzene rings is 1. The minimum atomic E-state index is -0.149. The van der Waals surface area contributed by atoms with Crippen LogP contribution < -0.4 is 11.3 Å². The molecule has 0 saturated heterocycles. The first-order chi connectivity index (χ1) is 7.20. The average Bonchev–Trinajstić information content (AvgIpc) is 3.02. The van der Waals surface area contributed by atoms with Crippen LogP contribution in [0.2, 0.25) is 0 Å². The third-order valence-corrected chi connectivity index (χ3v) is 3.07. The lowest BCUT2D eigenvalue weighted by atomic mass is 10.0. The Kier molecular flexibility index (Phi) is 3.03. The first-order valence-corrected chi connectivity index (χ1v) is 5.43. The molecule has 0 aromatic heterocycles. The molecule has 1 atom stereocenters. The van der Waals surface area contributed by atoms with Gasteiger partial charge in [-0.2, -0.15) is 0 Å². The minimum absolute atomic E-state index is 0.0904. The van der Waals surface area contributed by atoms with Gasteiger partial charge in [-0.25, -0.2) is 4.39 Å². The Labute approximate surface area is 89.6 Å². The SMILES string of the molecule is Cc1ccc(C(CC2CC2)NN)cc1F. The van der Waals surface area contributed by atoms with E-state index in [4.69, 9.17) is 5.84 Å². The molecule has 0 spiro atoms. The molecule has 2 nitrogen and oxygen atoms in total. The van der Waals surface area contributed by atoms with Gasteiger partial charge in [0.05, 0.1) is 0 Å². The van der Waals surface area contributed by atoms with Gasteiger partial charge >= 0.3 is 0 Å². The van der Waals surface area contributed by atoms with Gasteiger partial charge in [0, 0.05) is 6.04 Å². The minimum Gasteiger partial charge on any atom is -0.271 e. The van der Waals surface area contributed by atoms with E-state index in [0.29, 0.717) is 5.56 Å². The van der Waals surface area contributed by atoms with Crippen molar-refractivity contribution in [3.63, 3.8) is 0 Å². The summed E-state index contributed by atoms with van der Waals surface area (Å²) in [7, 11) is 0. The molecule has 1 aliphatic carbocycles. The quantitative estimate of drug-likeness (QED) is 0.589. The maximum Gasteiger partial charge on any atom is 0.126 e. The zero-order valence-electron chi connectivity index (χ0n) is 8.96. The van der Waals surface area contributed by atoms with E-state index in [1.807, 2.05) is 12.1 Å². The van der Waals surface area contributed by atoms with Crippen LogP contribution in [0.5, 0.6) is 0 Å². The molecular weight excluding hydrogens is 191 g/mol. The monoisotopic (exact) mass is 208 g/mol. The van der Waals surface area contributed by atoms with Gasteiger partial charge in [0.1, 0.15) is 5.82 Å². The van der Waals surface area contributed by atoms with Crippen molar-refractivity contribution >= 4 is 0 Å². The summed E-state index contributed by atoms with van der Waals surface area (Å²) in [5.41, 5.74) is 4.40. The number of nitrogens with one attached hydrogen (secondary N) is 1. The predicted octanol–water partition coefficient (Wildman–Crippen LogP) is 2.44. The van der Waals surface area contributed by atoms with Crippen LogP contribution in [0.25, 0.3) is 0 Å². The first kappa shape index (κ1) is 10.6. The van der Waals surface area contributed by atoms with Crippen LogP contribution in [0.4, 0.5) is 4.39 Å². The van der Waals surface area contributed by atoms with Crippen molar-refractivity contribution in [2.24, 2.45) is 11.8 Å². The molecule has 1 aliphatic rings. The Bertz CT molecular complexity index is 347. The molecule has 1 unspecified atom stereocenters. The number of nitrogens with two attached hydrogens (primary N) is 1. The van der Waals surface area contributed by atoms with Crippen molar-refractivity contribution < 1.29 is 4.39 Å². The number of hydrogen-bond donors (Lipinski definition) is 2. The molecule has 0 bridgehead atoms. The van der Waals surface area contributed by atoms with E-state index in [1.54, 1.807) is 13.0 Å². The van der Waals surface area contributed by atoms with E-state index in [-0.39, 0.29) is 11.9 Å². The van der Waals surface area contributed by atoms with Crippen LogP contribution in [0.15, 0.2) is 18.2 Å². The van der Waals surface area contributed by atoms with Gasteiger partial charge < -0.3 is 0 Å². The normalized spacial score (nSPS) is 17.8. The van der Waals surface area contributed by atoms with E-state index in [9.17, 15) is 4.39 Å². The van der Waals surface area contributed by atoms with Crippen LogP contribution in [0.1, 0.15) is 36.4 Å². The zero-order valence-corrected chi connectivity index (χ0v) is 8.96. The Morgan fingerprint density at radius 2 is 2.27 bits per heavy atom. The van der Waals surface area contributed by atoms with E-state index < -0.39 is 0 Å². The van der Waals surface area contributed by atoms with E-state index in [2.05, 4.69) is 5.43 Å². The van der Waals surface area contributed by atoms with Crippen molar-refractivity contribution in [2.45, 2.75) is 32.2 Å². The average molecular weight is 208 g/mol. The lowest BCUT2D eigenvalue weighted by Crippen LogP contribution is -2.28. The second-order valence-electron chi connectivity index (χ2n) is 4.41. The smallest absolute Gasteiger partial charge is 0.126 e. The summed E-state index contributed by atoms with van der Waals surface area (Å²) in [5.74, 6) is 6.12. The second-order valence-corrected chi connectivity index (χ2v) is 4.41. The van der Waals surface area contributed by atoms with Crippen LogP contribution >= 0.6 is 0 Å². The van der Waals surface area contributed by atoms with Gasteiger partial charge in [0.2, 0.25) is 0 Å². The fourth-order valence-electron chi connectivity index (χ4n) is 1.81. The van der Waals surface area contributed by atoms with Crippen molar-refractivity contribution in [1.29, 1.82) is 0 Å². The summed E-state index contributed by atoms with van der Waals surface area (Å²) >= 11 is 0. The maximum absolute atomic E-state index is 13.4. The highest BCUT2D eigenvalue weighted by Crippen LogP contribution is 2.37. The van der Waals surface area contributed by atoms with Crippen molar-refractivity contribution in [3.8, 4) is 0 Å². The van der Waals surface area contributed by atoms with Crippen molar-refractivity contribution in [1.82, 2.24) is 5.43 Å². The standard InChI is InChI=1S/C12H17FN2/c1-8-2-5-10(7-11(8)13)12(15-14)6-9-3-4-9/h2,5,7,9,12,15H,3-4,6,14H2,1H3. The summed E-state index contributed by atoms with van der Waals surface area (Å²) in [6, 6.07) is 5.43. The Morgan fingerprint density at radius 3 is 2.80 bits per heavy atom. The molecule has 1 aromatic rings. The van der Waals surface area contributed by atoms with Crippen molar-refractivity contribution in [3.05, 3.63) is 35.1 Å². The molecule has 0 aliphatic heterocycles. The van der Waals surface area contributed by atoms with Gasteiger partial charge in [-0.3, -0.25) is 11.3 Å². The van der Waals surface area contributed by atoms with Crippen LogP contribution in [0, 0.1) is 18.7 Å². The molecule has 0 heterocycles. The number of hydrazine groups is 1. The van der Waals surface area contributed by atoms with Gasteiger partial charge in [0.15, 0.2) is 0 Å². The Balaban J connectivity index is 2.13. The Hall–Kier alpha value is -0.930. The summed E-state index contributed by atoms with van der Waals surface area (Å²) in [6.45, 7) is 1.77. The molecule has 1 saturated carbocycles. The summed E-state index contributed by atoms with van der Waals surface area (Å²) < 4.78 is 13.4. The number of hydrogen-bond acceptors (Lipinski definition) is 2. The fourth-order valence-corrected chi connectivity index (χ4v) is 1.81. The van der Waals surface area contributed by atoms with E-state index in [0.717, 1.165) is 17.9 Å². The summed E-state index contributed by atoms with van der Waals surface area (Å²) in [4.78, 5) is 0. The largest absolute Gasteiger partial charge is 0.271 e. The van der Waals surface area contributed by atoms with Gasteiger partial charge in [0.25, 0.3) is 0 Å². The van der Waals surface area contributed by atoms with Crippen LogP contribution in [-0.4, -0.2) is 0 Å². The lowest BCUT2D eigenvalue weighted by molar-refractivity contribution is 0.483. The van der Waals surface area contributed by atoms with Gasteiger partial charge in [-0.1, -0.05) is 25.0 Å². The zero-order chi connectivity index (χ0) is 10.8. The van der Waals surface area contributed by atoms with Crippen molar-refractivity contribution in [2.75, 3.05) is 0 Å². The van der Waals surface area contributed by atoms with Crippen LogP contribution in [-0.2, 0) is 0 Å². The number of rotatable bonds is 4. The highest BCUT2D eigenvalue weighted by Gasteiger charge is 2.25. The molecule has 15 heavy (non-hydrogen) atoms. The highest BCUT2D eigenvalue weighted by atomic mass is 19.1. The molecular formula is C12H17FN2. The topological polar surface area (TPSA) is 38.0 Å². The molecule has 3 N–H and O–H groups in total. The number of halogens is 1. The molecule has 82 valence electrons. The third kappa shape index (κ3) is 2.55. The molecule has 1 fully saturated rings. The second kappa shape index (κ2) is 4.29. The number of aryl methyl sites for hydroxylation is 1.